The molecule has 3 aromatic heterocycles. The maximum atomic E-state index is 12.7. The summed E-state index contributed by atoms with van der Waals surface area (Å²) in [6, 6.07) is 9.78. The van der Waals surface area contributed by atoms with Crippen molar-refractivity contribution in [2.45, 2.75) is 12.8 Å². The van der Waals surface area contributed by atoms with Crippen molar-refractivity contribution in [3.63, 3.8) is 0 Å². The molecule has 0 aliphatic carbocycles. The Labute approximate surface area is 169 Å². The molecule has 29 heavy (non-hydrogen) atoms. The van der Waals surface area contributed by atoms with Gasteiger partial charge in [0.1, 0.15) is 22.3 Å². The Bertz CT molecular complexity index is 1190. The molecule has 4 N–H and O–H groups in total. The topological polar surface area (TPSA) is 146 Å². The fourth-order valence-corrected chi connectivity index (χ4v) is 3.85. The summed E-state index contributed by atoms with van der Waals surface area (Å²) in [5.74, 6) is -0.136. The lowest BCUT2D eigenvalue weighted by Gasteiger charge is -2.06. The number of thiazole rings is 1. The van der Waals surface area contributed by atoms with Gasteiger partial charge in [-0.25, -0.2) is 15.0 Å². The lowest BCUT2D eigenvalue weighted by molar-refractivity contribution is 0.0948. The number of carbonyl (C=O) groups is 1. The first-order chi connectivity index (χ1) is 14.2. The second kappa shape index (κ2) is 8.04. The van der Waals surface area contributed by atoms with E-state index in [0.717, 1.165) is 10.2 Å². The maximum absolute atomic E-state index is 12.7. The third-order valence-electron chi connectivity index (χ3n) is 4.28. The second-order valence-electron chi connectivity index (χ2n) is 6.17. The summed E-state index contributed by atoms with van der Waals surface area (Å²) in [5, 5.41) is 19.2. The summed E-state index contributed by atoms with van der Waals surface area (Å²) in [4.78, 5) is 25.8. The van der Waals surface area contributed by atoms with Crippen LogP contribution in [0.15, 0.2) is 36.7 Å². The molecule has 1 aromatic carbocycles. The van der Waals surface area contributed by atoms with Gasteiger partial charge < -0.3 is 11.1 Å². The van der Waals surface area contributed by atoms with Crippen LogP contribution in [0.25, 0.3) is 20.9 Å². The summed E-state index contributed by atoms with van der Waals surface area (Å²) in [5.41, 5.74) is 8.18. The number of H-pyrrole nitrogens is 1. The number of fused-ring (bicyclic) bond motifs is 1. The number of amides is 1. The molecule has 0 aliphatic heterocycles. The average Bonchev–Trinajstić information content (AvgIpc) is 3.34. The van der Waals surface area contributed by atoms with E-state index in [1.807, 2.05) is 30.3 Å². The minimum absolute atomic E-state index is 0.187. The first-order valence-electron chi connectivity index (χ1n) is 8.85. The minimum atomic E-state index is -0.322. The highest BCUT2D eigenvalue weighted by Crippen LogP contribution is 2.30. The zero-order valence-corrected chi connectivity index (χ0v) is 16.0. The molecule has 0 spiro atoms. The van der Waals surface area contributed by atoms with E-state index in [-0.39, 0.29) is 17.4 Å². The van der Waals surface area contributed by atoms with Gasteiger partial charge in [-0.3, -0.25) is 9.89 Å². The molecule has 4 rings (SSSR count). The number of aryl methyl sites for hydroxylation is 1. The Hall–Kier alpha value is -3.84. The summed E-state index contributed by atoms with van der Waals surface area (Å²) in [6.07, 6.45) is 4.18. The SMILES string of the molecule is N#Cc1c(N)n[nH]c1CCCNC(=O)c1nccnc1-c1nc2ccccc2s1. The van der Waals surface area contributed by atoms with Crippen molar-refractivity contribution in [3.05, 3.63) is 53.6 Å². The number of nitriles is 1. The number of para-hydroxylation sites is 1. The molecular weight excluding hydrogens is 388 g/mol. The van der Waals surface area contributed by atoms with Crippen molar-refractivity contribution in [3.8, 4) is 16.8 Å². The molecular formula is C19H16N8OS. The molecule has 1 amide bonds. The number of hydrogen-bond acceptors (Lipinski definition) is 8. The Morgan fingerprint density at radius 3 is 2.93 bits per heavy atom. The standard InChI is InChI=1S/C19H16N8OS/c20-10-11-12(26-27-17(11)21)5-3-7-24-18(28)15-16(23-9-8-22-15)19-25-13-4-1-2-6-14(13)29-19/h1-2,4,6,8-9H,3,5,7H2,(H,24,28)(H3,21,26,27). The van der Waals surface area contributed by atoms with Crippen LogP contribution in [0, 0.1) is 11.3 Å². The molecule has 0 atom stereocenters. The number of carbonyl (C=O) groups excluding carboxylic acids is 1. The predicted molar refractivity (Wildman–Crippen MR) is 109 cm³/mol. The molecule has 0 saturated heterocycles. The van der Waals surface area contributed by atoms with Gasteiger partial charge in [-0.05, 0) is 25.0 Å². The molecule has 0 radical (unpaired) electrons. The zero-order chi connectivity index (χ0) is 20.2. The highest BCUT2D eigenvalue weighted by Gasteiger charge is 2.18. The summed E-state index contributed by atoms with van der Waals surface area (Å²) < 4.78 is 1.02. The maximum Gasteiger partial charge on any atom is 0.272 e. The van der Waals surface area contributed by atoms with Crippen LogP contribution in [0.5, 0.6) is 0 Å². The zero-order valence-electron chi connectivity index (χ0n) is 15.2. The first kappa shape index (κ1) is 18.5. The number of nitrogen functional groups attached to an aromatic ring is 1. The third-order valence-corrected chi connectivity index (χ3v) is 5.32. The van der Waals surface area contributed by atoms with E-state index in [9.17, 15) is 4.79 Å². The Morgan fingerprint density at radius 2 is 2.10 bits per heavy atom. The van der Waals surface area contributed by atoms with Crippen LogP contribution in [-0.2, 0) is 6.42 Å². The molecule has 3 heterocycles. The van der Waals surface area contributed by atoms with Crippen LogP contribution in [-0.4, -0.2) is 37.6 Å². The largest absolute Gasteiger partial charge is 0.381 e. The molecule has 0 bridgehead atoms. The molecule has 4 aromatic rings. The molecule has 0 fully saturated rings. The van der Waals surface area contributed by atoms with Gasteiger partial charge in [0.05, 0.1) is 15.9 Å². The minimum Gasteiger partial charge on any atom is -0.381 e. The molecule has 10 heteroatoms. The van der Waals surface area contributed by atoms with Crippen LogP contribution in [0.4, 0.5) is 5.82 Å². The number of nitrogens with zero attached hydrogens (tertiary/aromatic N) is 5. The summed E-state index contributed by atoms with van der Waals surface area (Å²) in [6.45, 7) is 0.401. The normalized spacial score (nSPS) is 10.7. The van der Waals surface area contributed by atoms with E-state index in [2.05, 4.69) is 30.5 Å². The Kier molecular flexibility index (Phi) is 5.13. The lowest BCUT2D eigenvalue weighted by atomic mass is 10.1. The van der Waals surface area contributed by atoms with E-state index in [0.29, 0.717) is 41.3 Å². The number of nitrogens with two attached hydrogens (primary N) is 1. The van der Waals surface area contributed by atoms with Crippen molar-refractivity contribution in [2.24, 2.45) is 0 Å². The fraction of sp³-hybridized carbons (Fsp3) is 0.158. The fourth-order valence-electron chi connectivity index (χ4n) is 2.88. The van der Waals surface area contributed by atoms with Crippen LogP contribution in [0.1, 0.15) is 28.2 Å². The van der Waals surface area contributed by atoms with Gasteiger partial charge in [0.2, 0.25) is 0 Å². The van der Waals surface area contributed by atoms with Crippen molar-refractivity contribution >= 4 is 33.3 Å². The highest BCUT2D eigenvalue weighted by atomic mass is 32.1. The monoisotopic (exact) mass is 404 g/mol. The molecule has 0 unspecified atom stereocenters. The van der Waals surface area contributed by atoms with Crippen molar-refractivity contribution in [1.29, 1.82) is 5.26 Å². The van der Waals surface area contributed by atoms with Gasteiger partial charge in [0.15, 0.2) is 11.5 Å². The number of hydrogen-bond donors (Lipinski definition) is 3. The number of benzene rings is 1. The number of nitrogens with one attached hydrogen (secondary N) is 2. The van der Waals surface area contributed by atoms with E-state index < -0.39 is 0 Å². The third kappa shape index (κ3) is 3.76. The Morgan fingerprint density at radius 1 is 1.28 bits per heavy atom. The summed E-state index contributed by atoms with van der Waals surface area (Å²) in [7, 11) is 0. The predicted octanol–water partition coefficient (Wildman–Crippen LogP) is 2.29. The number of aromatic nitrogens is 5. The number of aromatic amines is 1. The van der Waals surface area contributed by atoms with Gasteiger partial charge in [-0.15, -0.1) is 11.3 Å². The van der Waals surface area contributed by atoms with Crippen molar-refractivity contribution in [1.82, 2.24) is 30.5 Å². The quantitative estimate of drug-likeness (QED) is 0.418. The van der Waals surface area contributed by atoms with E-state index in [4.69, 9.17) is 11.0 Å². The van der Waals surface area contributed by atoms with Crippen LogP contribution < -0.4 is 11.1 Å². The molecule has 0 aliphatic rings. The van der Waals surface area contributed by atoms with Gasteiger partial charge in [-0.2, -0.15) is 10.4 Å². The molecule has 0 saturated carbocycles. The van der Waals surface area contributed by atoms with Crippen molar-refractivity contribution in [2.75, 3.05) is 12.3 Å². The number of anilines is 1. The number of rotatable bonds is 6. The van der Waals surface area contributed by atoms with Crippen LogP contribution >= 0.6 is 11.3 Å². The van der Waals surface area contributed by atoms with Crippen LogP contribution in [0.2, 0.25) is 0 Å². The van der Waals surface area contributed by atoms with Crippen LogP contribution in [0.3, 0.4) is 0 Å². The van der Waals surface area contributed by atoms with E-state index >= 15 is 0 Å². The van der Waals surface area contributed by atoms with Gasteiger partial charge in [-0.1, -0.05) is 12.1 Å². The van der Waals surface area contributed by atoms with E-state index in [1.54, 1.807) is 6.20 Å². The molecule has 144 valence electrons. The smallest absolute Gasteiger partial charge is 0.272 e. The first-order valence-corrected chi connectivity index (χ1v) is 9.67. The second-order valence-corrected chi connectivity index (χ2v) is 7.20. The molecule has 9 nitrogen and oxygen atoms in total. The lowest BCUT2D eigenvalue weighted by Crippen LogP contribution is -2.26. The average molecular weight is 404 g/mol. The van der Waals surface area contributed by atoms with Gasteiger partial charge in [0.25, 0.3) is 5.91 Å². The van der Waals surface area contributed by atoms with E-state index in [1.165, 1.54) is 17.5 Å². The van der Waals surface area contributed by atoms with Crippen molar-refractivity contribution < 1.29 is 4.79 Å². The van der Waals surface area contributed by atoms with Gasteiger partial charge in [0, 0.05) is 18.9 Å². The Balaban J connectivity index is 1.45. The highest BCUT2D eigenvalue weighted by molar-refractivity contribution is 7.21. The summed E-state index contributed by atoms with van der Waals surface area (Å²) >= 11 is 1.47. The van der Waals surface area contributed by atoms with Gasteiger partial charge >= 0.3 is 0 Å².